The van der Waals surface area contributed by atoms with E-state index in [0.717, 1.165) is 0 Å². The Bertz CT molecular complexity index is 329. The molecule has 1 rings (SSSR count). The molecule has 2 atom stereocenters. The number of carbonyl (C=O) groups excluding carboxylic acids is 2. The normalized spacial score (nSPS) is 23.2. The van der Waals surface area contributed by atoms with Crippen molar-refractivity contribution in [3.8, 4) is 0 Å². The molecule has 0 aliphatic carbocycles. The summed E-state index contributed by atoms with van der Waals surface area (Å²) >= 11 is 0. The van der Waals surface area contributed by atoms with Gasteiger partial charge in [-0.05, 0) is 12.8 Å². The lowest BCUT2D eigenvalue weighted by Crippen LogP contribution is -2.41. The van der Waals surface area contributed by atoms with Crippen LogP contribution in [0.2, 0.25) is 0 Å². The Morgan fingerprint density at radius 1 is 1.29 bits per heavy atom. The number of carbonyl (C=O) groups is 3. The average Bonchev–Trinajstić information content (AvgIpc) is 2.74. The van der Waals surface area contributed by atoms with E-state index in [1.54, 1.807) is 14.1 Å². The molecule has 1 aliphatic heterocycles. The lowest BCUT2D eigenvalue weighted by molar-refractivity contribution is -0.152. The number of amides is 2. The highest BCUT2D eigenvalue weighted by Crippen LogP contribution is 2.19. The van der Waals surface area contributed by atoms with Crippen LogP contribution in [0.1, 0.15) is 12.8 Å². The maximum atomic E-state index is 11.5. The first-order valence-corrected chi connectivity index (χ1v) is 5.28. The van der Waals surface area contributed by atoms with Crippen LogP contribution in [0, 0.1) is 0 Å². The molecular weight excluding hydrogens is 228 g/mol. The molecule has 7 heteroatoms. The number of carboxylic acids is 1. The van der Waals surface area contributed by atoms with Gasteiger partial charge in [0.25, 0.3) is 0 Å². The van der Waals surface area contributed by atoms with Crippen LogP contribution in [-0.2, 0) is 19.1 Å². The van der Waals surface area contributed by atoms with Crippen LogP contribution >= 0.6 is 0 Å². The molecule has 0 radical (unpaired) electrons. The zero-order valence-corrected chi connectivity index (χ0v) is 9.80. The van der Waals surface area contributed by atoms with E-state index < -0.39 is 24.1 Å². The van der Waals surface area contributed by atoms with Crippen molar-refractivity contribution in [3.63, 3.8) is 0 Å². The molecule has 0 aromatic heterocycles. The van der Waals surface area contributed by atoms with Gasteiger partial charge in [-0.2, -0.15) is 0 Å². The molecule has 0 bridgehead atoms. The van der Waals surface area contributed by atoms with Gasteiger partial charge in [-0.3, -0.25) is 9.59 Å². The predicted molar refractivity (Wildman–Crippen MR) is 57.2 cm³/mol. The van der Waals surface area contributed by atoms with Crippen LogP contribution < -0.4 is 5.32 Å². The standard InChI is InChI=1S/C10H16N2O5/c1-12(2)8(13)5-11-9(14)6-3-4-7(17-6)10(15)16/h6-7H,3-5H2,1-2H3,(H,11,14)(H,15,16)/t6-,7+/m0/s1. The van der Waals surface area contributed by atoms with Crippen molar-refractivity contribution in [3.05, 3.63) is 0 Å². The quantitative estimate of drug-likeness (QED) is 0.649. The molecule has 0 saturated carbocycles. The van der Waals surface area contributed by atoms with E-state index in [9.17, 15) is 14.4 Å². The summed E-state index contributed by atoms with van der Waals surface area (Å²) in [6, 6.07) is 0. The highest BCUT2D eigenvalue weighted by atomic mass is 16.5. The number of hydrogen-bond acceptors (Lipinski definition) is 4. The minimum Gasteiger partial charge on any atom is -0.479 e. The molecule has 1 saturated heterocycles. The lowest BCUT2D eigenvalue weighted by Gasteiger charge is -2.13. The molecule has 1 aliphatic rings. The van der Waals surface area contributed by atoms with Crippen LogP contribution in [0.5, 0.6) is 0 Å². The van der Waals surface area contributed by atoms with Crippen molar-refractivity contribution < 1.29 is 24.2 Å². The minimum absolute atomic E-state index is 0.108. The van der Waals surface area contributed by atoms with E-state index in [2.05, 4.69) is 5.32 Å². The van der Waals surface area contributed by atoms with Crippen molar-refractivity contribution in [2.45, 2.75) is 25.0 Å². The molecule has 17 heavy (non-hydrogen) atoms. The topological polar surface area (TPSA) is 95.9 Å². The van der Waals surface area contributed by atoms with E-state index >= 15 is 0 Å². The summed E-state index contributed by atoms with van der Waals surface area (Å²) in [7, 11) is 3.17. The lowest BCUT2D eigenvalue weighted by atomic mass is 10.2. The van der Waals surface area contributed by atoms with Crippen LogP contribution in [0.25, 0.3) is 0 Å². The number of nitrogens with zero attached hydrogens (tertiary/aromatic N) is 1. The third kappa shape index (κ3) is 3.70. The summed E-state index contributed by atoms with van der Waals surface area (Å²) in [5.74, 6) is -1.74. The van der Waals surface area contributed by atoms with E-state index in [0.29, 0.717) is 12.8 Å². The van der Waals surface area contributed by atoms with Gasteiger partial charge in [0.15, 0.2) is 6.10 Å². The zero-order chi connectivity index (χ0) is 13.0. The molecule has 0 unspecified atom stereocenters. The fourth-order valence-corrected chi connectivity index (χ4v) is 1.45. The number of hydrogen-bond donors (Lipinski definition) is 2. The van der Waals surface area contributed by atoms with Crippen molar-refractivity contribution in [1.82, 2.24) is 10.2 Å². The van der Waals surface area contributed by atoms with Gasteiger partial charge in [0, 0.05) is 14.1 Å². The molecule has 7 nitrogen and oxygen atoms in total. The summed E-state index contributed by atoms with van der Waals surface area (Å²) in [6.07, 6.45) is -1.02. The van der Waals surface area contributed by atoms with Crippen LogP contribution in [0.4, 0.5) is 0 Å². The third-order valence-electron chi connectivity index (χ3n) is 2.50. The van der Waals surface area contributed by atoms with Gasteiger partial charge in [0.2, 0.25) is 11.8 Å². The van der Waals surface area contributed by atoms with Crippen molar-refractivity contribution in [2.24, 2.45) is 0 Å². The first kappa shape index (κ1) is 13.4. The van der Waals surface area contributed by atoms with Crippen LogP contribution in [-0.4, -0.2) is 60.6 Å². The van der Waals surface area contributed by atoms with Gasteiger partial charge >= 0.3 is 5.97 Å². The number of nitrogens with one attached hydrogen (secondary N) is 1. The summed E-state index contributed by atoms with van der Waals surface area (Å²) < 4.78 is 5.04. The highest BCUT2D eigenvalue weighted by Gasteiger charge is 2.34. The molecule has 2 amide bonds. The van der Waals surface area contributed by atoms with E-state index in [4.69, 9.17) is 9.84 Å². The molecule has 2 N–H and O–H groups in total. The molecule has 1 heterocycles. The number of rotatable bonds is 4. The maximum Gasteiger partial charge on any atom is 0.332 e. The van der Waals surface area contributed by atoms with Crippen LogP contribution in [0.3, 0.4) is 0 Å². The number of aliphatic carboxylic acids is 1. The summed E-state index contributed by atoms with van der Waals surface area (Å²) in [6.45, 7) is -0.108. The summed E-state index contributed by atoms with van der Waals surface area (Å²) in [4.78, 5) is 34.7. The van der Waals surface area contributed by atoms with E-state index in [-0.39, 0.29) is 12.5 Å². The maximum absolute atomic E-state index is 11.5. The minimum atomic E-state index is -1.07. The van der Waals surface area contributed by atoms with Crippen molar-refractivity contribution in [2.75, 3.05) is 20.6 Å². The fourth-order valence-electron chi connectivity index (χ4n) is 1.45. The van der Waals surface area contributed by atoms with Gasteiger partial charge in [0.05, 0.1) is 6.54 Å². The second-order valence-corrected chi connectivity index (χ2v) is 4.03. The van der Waals surface area contributed by atoms with Gasteiger partial charge < -0.3 is 20.1 Å². The molecule has 96 valence electrons. The van der Waals surface area contributed by atoms with Gasteiger partial charge in [-0.1, -0.05) is 0 Å². The van der Waals surface area contributed by atoms with Crippen molar-refractivity contribution >= 4 is 17.8 Å². The number of ether oxygens (including phenoxy) is 1. The van der Waals surface area contributed by atoms with Gasteiger partial charge in [-0.25, -0.2) is 4.79 Å². The third-order valence-corrected chi connectivity index (χ3v) is 2.50. The SMILES string of the molecule is CN(C)C(=O)CNC(=O)[C@@H]1CC[C@H](C(=O)O)O1. The Morgan fingerprint density at radius 2 is 1.88 bits per heavy atom. The smallest absolute Gasteiger partial charge is 0.332 e. The monoisotopic (exact) mass is 244 g/mol. The first-order chi connectivity index (χ1) is 7.91. The van der Waals surface area contributed by atoms with Gasteiger partial charge in [0.1, 0.15) is 6.10 Å². The molecule has 0 aromatic rings. The molecule has 0 spiro atoms. The molecular formula is C10H16N2O5. The second-order valence-electron chi connectivity index (χ2n) is 4.03. The number of likely N-dealkylation sites (N-methyl/N-ethyl adjacent to an activating group) is 1. The Kier molecular flexibility index (Phi) is 4.45. The predicted octanol–water partition coefficient (Wildman–Crippen LogP) is -1.18. The second kappa shape index (κ2) is 5.62. The first-order valence-electron chi connectivity index (χ1n) is 5.28. The summed E-state index contributed by atoms with van der Waals surface area (Å²) in [5.41, 5.74) is 0. The van der Waals surface area contributed by atoms with Crippen LogP contribution in [0.15, 0.2) is 0 Å². The summed E-state index contributed by atoms with van der Waals surface area (Å²) in [5, 5.41) is 11.1. The Balaban J connectivity index is 2.35. The van der Waals surface area contributed by atoms with Crippen molar-refractivity contribution in [1.29, 1.82) is 0 Å². The highest BCUT2D eigenvalue weighted by molar-refractivity contribution is 5.87. The zero-order valence-electron chi connectivity index (χ0n) is 9.80. The largest absolute Gasteiger partial charge is 0.479 e. The van der Waals surface area contributed by atoms with E-state index in [1.165, 1.54) is 4.90 Å². The average molecular weight is 244 g/mol. The Labute approximate surface area is 98.7 Å². The molecule has 1 fully saturated rings. The van der Waals surface area contributed by atoms with Gasteiger partial charge in [-0.15, -0.1) is 0 Å². The Hall–Kier alpha value is -1.63. The van der Waals surface area contributed by atoms with E-state index in [1.807, 2.05) is 0 Å². The fraction of sp³-hybridized carbons (Fsp3) is 0.700. The number of carboxylic acid groups (broad SMARTS) is 1. The Morgan fingerprint density at radius 3 is 2.35 bits per heavy atom. The molecule has 0 aromatic carbocycles.